The van der Waals surface area contributed by atoms with Crippen molar-refractivity contribution in [1.82, 2.24) is 0 Å². The highest BCUT2D eigenvalue weighted by atomic mass is 14.3. The molecular weight excluding hydrogens is 192 g/mol. The molecule has 0 spiro atoms. The van der Waals surface area contributed by atoms with E-state index in [-0.39, 0.29) is 0 Å². The van der Waals surface area contributed by atoms with E-state index < -0.39 is 0 Å². The molecule has 0 nitrogen and oxygen atoms in total. The van der Waals surface area contributed by atoms with Gasteiger partial charge in [0.05, 0.1) is 0 Å². The molecule has 0 saturated heterocycles. The van der Waals surface area contributed by atoms with Gasteiger partial charge in [0.2, 0.25) is 0 Å². The van der Waals surface area contributed by atoms with Crippen LogP contribution in [0.5, 0.6) is 0 Å². The van der Waals surface area contributed by atoms with Crippen LogP contribution in [0.2, 0.25) is 0 Å². The van der Waals surface area contributed by atoms with Gasteiger partial charge in [-0.05, 0) is 71.6 Å². The van der Waals surface area contributed by atoms with Crippen molar-refractivity contribution in [3.05, 3.63) is 46.5 Å². The van der Waals surface area contributed by atoms with Gasteiger partial charge in [0.1, 0.15) is 0 Å². The minimum atomic E-state index is 1.31. The zero-order chi connectivity index (χ0) is 10.5. The van der Waals surface area contributed by atoms with Gasteiger partial charge in [0.25, 0.3) is 0 Å². The zero-order valence-electron chi connectivity index (χ0n) is 9.55. The van der Waals surface area contributed by atoms with Gasteiger partial charge < -0.3 is 0 Å². The lowest BCUT2D eigenvalue weighted by Gasteiger charge is -2.13. The Morgan fingerprint density at radius 3 is 1.50 bits per heavy atom. The highest BCUT2D eigenvalue weighted by Gasteiger charge is 2.24. The first-order valence-electron chi connectivity index (χ1n) is 6.49. The minimum absolute atomic E-state index is 1.31. The summed E-state index contributed by atoms with van der Waals surface area (Å²) in [6.45, 7) is 0. The number of benzene rings is 2. The molecule has 4 rings (SSSR count). The number of hydrogen-bond acceptors (Lipinski definition) is 0. The zero-order valence-corrected chi connectivity index (χ0v) is 9.55. The summed E-state index contributed by atoms with van der Waals surface area (Å²) in [7, 11) is 0. The van der Waals surface area contributed by atoms with Crippen LogP contribution in [0.25, 0.3) is 10.8 Å². The minimum Gasteiger partial charge on any atom is -0.0616 e. The molecule has 0 unspecified atom stereocenters. The first kappa shape index (κ1) is 8.81. The topological polar surface area (TPSA) is 0 Å². The van der Waals surface area contributed by atoms with Crippen molar-refractivity contribution < 1.29 is 0 Å². The van der Waals surface area contributed by atoms with Gasteiger partial charge in [0.15, 0.2) is 0 Å². The molecule has 0 heterocycles. The van der Waals surface area contributed by atoms with Gasteiger partial charge in [-0.25, -0.2) is 0 Å². The summed E-state index contributed by atoms with van der Waals surface area (Å²) < 4.78 is 0. The highest BCUT2D eigenvalue weighted by molar-refractivity contribution is 5.92. The van der Waals surface area contributed by atoms with Crippen LogP contribution in [0.3, 0.4) is 0 Å². The molecule has 2 aromatic rings. The number of rotatable bonds is 0. The summed E-state index contributed by atoms with van der Waals surface area (Å²) in [6, 6.07) is 9.06. The fourth-order valence-corrected chi connectivity index (χ4v) is 3.76. The summed E-state index contributed by atoms with van der Waals surface area (Å²) in [5.74, 6) is 0. The van der Waals surface area contributed by atoms with E-state index >= 15 is 0 Å². The molecule has 0 atom stereocenters. The van der Waals surface area contributed by atoms with E-state index in [0.717, 1.165) is 0 Å². The monoisotopic (exact) mass is 208 g/mol. The van der Waals surface area contributed by atoms with Crippen LogP contribution < -0.4 is 0 Å². The van der Waals surface area contributed by atoms with Crippen molar-refractivity contribution in [2.75, 3.05) is 0 Å². The fourth-order valence-electron chi connectivity index (χ4n) is 3.76. The summed E-state index contributed by atoms with van der Waals surface area (Å²) >= 11 is 0. The van der Waals surface area contributed by atoms with Crippen molar-refractivity contribution in [2.24, 2.45) is 0 Å². The van der Waals surface area contributed by atoms with Crippen molar-refractivity contribution in [1.29, 1.82) is 0 Å². The third kappa shape index (κ3) is 1.000. The van der Waals surface area contributed by atoms with Crippen LogP contribution in [0.1, 0.15) is 35.1 Å². The molecule has 0 heteroatoms. The second kappa shape index (κ2) is 3.10. The average molecular weight is 208 g/mol. The molecule has 0 N–H and O–H groups in total. The molecule has 0 radical (unpaired) electrons. The van der Waals surface area contributed by atoms with Gasteiger partial charge >= 0.3 is 0 Å². The van der Waals surface area contributed by atoms with E-state index in [1.54, 1.807) is 33.0 Å². The van der Waals surface area contributed by atoms with E-state index in [0.29, 0.717) is 0 Å². The van der Waals surface area contributed by atoms with Gasteiger partial charge in [0, 0.05) is 0 Å². The van der Waals surface area contributed by atoms with Gasteiger partial charge in [-0.1, -0.05) is 24.3 Å². The Balaban J connectivity index is 2.21. The first-order valence-corrected chi connectivity index (χ1v) is 6.49. The lowest BCUT2D eigenvalue weighted by Crippen LogP contribution is -1.95. The smallest absolute Gasteiger partial charge is 0.0146 e. The number of fused-ring (bicyclic) bond motifs is 6. The first-order chi connectivity index (χ1) is 7.95. The maximum Gasteiger partial charge on any atom is -0.0146 e. The molecule has 2 aliphatic rings. The molecule has 0 saturated carbocycles. The van der Waals surface area contributed by atoms with Crippen LogP contribution in [0.4, 0.5) is 0 Å². The maximum absolute atomic E-state index is 2.33. The van der Waals surface area contributed by atoms with Crippen LogP contribution >= 0.6 is 0 Å². The van der Waals surface area contributed by atoms with E-state index in [2.05, 4.69) is 24.3 Å². The van der Waals surface area contributed by atoms with Crippen LogP contribution in [0, 0.1) is 0 Å². The largest absolute Gasteiger partial charge is 0.0616 e. The third-order valence-corrected chi connectivity index (χ3v) is 4.38. The Labute approximate surface area is 96.3 Å². The number of aryl methyl sites for hydroxylation is 2. The quantitative estimate of drug-likeness (QED) is 0.617. The van der Waals surface area contributed by atoms with Crippen molar-refractivity contribution in [3.8, 4) is 0 Å². The molecule has 0 amide bonds. The van der Waals surface area contributed by atoms with E-state index in [1.807, 2.05) is 0 Å². The molecule has 0 aromatic heterocycles. The third-order valence-electron chi connectivity index (χ3n) is 4.38. The van der Waals surface area contributed by atoms with E-state index in [9.17, 15) is 0 Å². The van der Waals surface area contributed by atoms with Gasteiger partial charge in [-0.15, -0.1) is 0 Å². The second-order valence-electron chi connectivity index (χ2n) is 5.17. The number of hydrogen-bond donors (Lipinski definition) is 0. The van der Waals surface area contributed by atoms with E-state index in [4.69, 9.17) is 0 Å². The molecule has 2 aliphatic carbocycles. The maximum atomic E-state index is 2.33. The molecular formula is C16H16. The van der Waals surface area contributed by atoms with Crippen LogP contribution in [-0.2, 0) is 25.7 Å². The standard InChI is InChI=1S/C16H16/c1-2-6-12-11(5-1)13-7-3-9-15(13)16-10-4-8-14(12)16/h1-2,5-6H,3-4,7-10H2. The fraction of sp³-hybridized carbons (Fsp3) is 0.375. The van der Waals surface area contributed by atoms with Gasteiger partial charge in [-0.3, -0.25) is 0 Å². The van der Waals surface area contributed by atoms with E-state index in [1.165, 1.54) is 38.5 Å². The molecule has 0 bridgehead atoms. The summed E-state index contributed by atoms with van der Waals surface area (Å²) in [4.78, 5) is 0. The normalized spacial score (nSPS) is 17.8. The van der Waals surface area contributed by atoms with Crippen molar-refractivity contribution in [3.63, 3.8) is 0 Å². The Kier molecular flexibility index (Phi) is 1.71. The Bertz CT molecular complexity index is 526. The molecule has 0 aliphatic heterocycles. The van der Waals surface area contributed by atoms with Crippen molar-refractivity contribution >= 4 is 10.8 Å². The average Bonchev–Trinajstić information content (AvgIpc) is 2.98. The Hall–Kier alpha value is -1.30. The summed E-state index contributed by atoms with van der Waals surface area (Å²) in [6.07, 6.45) is 8.03. The second-order valence-corrected chi connectivity index (χ2v) is 5.17. The Morgan fingerprint density at radius 2 is 1.00 bits per heavy atom. The SMILES string of the molecule is c1ccc2c3c(c4c(c2c1)CCC4)CCC3. The summed E-state index contributed by atoms with van der Waals surface area (Å²) in [5, 5.41) is 3.10. The highest BCUT2D eigenvalue weighted by Crippen LogP contribution is 2.39. The molecule has 80 valence electrons. The summed E-state index contributed by atoms with van der Waals surface area (Å²) in [5.41, 5.74) is 6.81. The van der Waals surface area contributed by atoms with Gasteiger partial charge in [-0.2, -0.15) is 0 Å². The van der Waals surface area contributed by atoms with Crippen LogP contribution in [0.15, 0.2) is 24.3 Å². The lowest BCUT2D eigenvalue weighted by molar-refractivity contribution is 0.889. The lowest BCUT2D eigenvalue weighted by atomic mass is 9.92. The predicted octanol–water partition coefficient (Wildman–Crippen LogP) is 3.82. The molecule has 0 fully saturated rings. The van der Waals surface area contributed by atoms with Crippen LogP contribution in [-0.4, -0.2) is 0 Å². The Morgan fingerprint density at radius 1 is 0.562 bits per heavy atom. The molecule has 2 aromatic carbocycles. The molecule has 16 heavy (non-hydrogen) atoms. The van der Waals surface area contributed by atoms with Crippen molar-refractivity contribution in [2.45, 2.75) is 38.5 Å². The predicted molar refractivity (Wildman–Crippen MR) is 68.0 cm³/mol.